The zero-order chi connectivity index (χ0) is 17.5. The van der Waals surface area contributed by atoms with E-state index >= 15 is 0 Å². The topological polar surface area (TPSA) is 87.6 Å². The van der Waals surface area contributed by atoms with Gasteiger partial charge in [-0.2, -0.15) is 4.31 Å². The maximum absolute atomic E-state index is 13.2. The predicted octanol–water partition coefficient (Wildman–Crippen LogP) is 2.42. The molecule has 7 heteroatoms. The van der Waals surface area contributed by atoms with Gasteiger partial charge in [0.2, 0.25) is 10.0 Å². The van der Waals surface area contributed by atoms with Crippen LogP contribution in [0.5, 0.6) is 0 Å². The quantitative estimate of drug-likeness (QED) is 0.920. The second kappa shape index (κ2) is 6.14. The minimum Gasteiger partial charge on any atom is -0.481 e. The molecule has 0 bridgehead atoms. The van der Waals surface area contributed by atoms with E-state index in [-0.39, 0.29) is 17.5 Å². The molecule has 1 saturated heterocycles. The van der Waals surface area contributed by atoms with Crippen molar-refractivity contribution in [3.05, 3.63) is 36.2 Å². The summed E-state index contributed by atoms with van der Waals surface area (Å²) in [5, 5.41) is 10.7. The monoisotopic (exact) mass is 348 g/mol. The lowest BCUT2D eigenvalue weighted by Gasteiger charge is -2.35. The Morgan fingerprint density at radius 1 is 1.25 bits per heavy atom. The Kier molecular flexibility index (Phi) is 4.31. The molecule has 2 heterocycles. The molecular formula is C17H20N2O4S. The van der Waals surface area contributed by atoms with Gasteiger partial charge in [0.1, 0.15) is 0 Å². The maximum atomic E-state index is 13.2. The summed E-state index contributed by atoms with van der Waals surface area (Å²) in [5.41, 5.74) is 0.764. The molecule has 0 radical (unpaired) electrons. The van der Waals surface area contributed by atoms with Gasteiger partial charge in [-0.3, -0.25) is 9.78 Å². The molecule has 2 atom stereocenters. The first kappa shape index (κ1) is 16.9. The summed E-state index contributed by atoms with van der Waals surface area (Å²) in [4.78, 5) is 15.7. The Labute approximate surface area is 141 Å². The standard InChI is InChI=1S/C17H20N2O4S/c1-11-6-7-13(17(20)21)10-19(11)24(22,23)16-5-3-4-14-12(2)18-9-8-15(14)16/h3-5,8-9,11,13H,6-7,10H2,1-2H3,(H,20,21)/t11-,13+/m1/s1. The molecule has 1 aromatic carbocycles. The van der Waals surface area contributed by atoms with Crippen LogP contribution in [-0.2, 0) is 14.8 Å². The van der Waals surface area contributed by atoms with Gasteiger partial charge in [-0.15, -0.1) is 0 Å². The van der Waals surface area contributed by atoms with E-state index in [1.165, 1.54) is 4.31 Å². The van der Waals surface area contributed by atoms with Crippen molar-refractivity contribution < 1.29 is 18.3 Å². The average Bonchev–Trinajstić information content (AvgIpc) is 2.54. The van der Waals surface area contributed by atoms with E-state index in [0.29, 0.717) is 18.2 Å². The van der Waals surface area contributed by atoms with Crippen LogP contribution in [0.15, 0.2) is 35.4 Å². The molecule has 1 aliphatic heterocycles. The number of fused-ring (bicyclic) bond motifs is 1. The molecule has 128 valence electrons. The van der Waals surface area contributed by atoms with E-state index in [1.807, 2.05) is 19.9 Å². The highest BCUT2D eigenvalue weighted by molar-refractivity contribution is 7.89. The van der Waals surface area contributed by atoms with Gasteiger partial charge in [0.25, 0.3) is 0 Å². The average molecular weight is 348 g/mol. The summed E-state index contributed by atoms with van der Waals surface area (Å²) < 4.78 is 27.7. The zero-order valence-electron chi connectivity index (χ0n) is 13.6. The lowest BCUT2D eigenvalue weighted by molar-refractivity contribution is -0.143. The molecule has 1 aromatic heterocycles. The lowest BCUT2D eigenvalue weighted by atomic mass is 9.96. The molecule has 6 nitrogen and oxygen atoms in total. The van der Waals surface area contributed by atoms with Crippen molar-refractivity contribution in [3.63, 3.8) is 0 Å². The van der Waals surface area contributed by atoms with E-state index in [4.69, 9.17) is 0 Å². The second-order valence-corrected chi connectivity index (χ2v) is 8.14. The molecule has 24 heavy (non-hydrogen) atoms. The Morgan fingerprint density at radius 3 is 2.71 bits per heavy atom. The predicted molar refractivity (Wildman–Crippen MR) is 90.2 cm³/mol. The largest absolute Gasteiger partial charge is 0.481 e. The number of carboxylic acids is 1. The fourth-order valence-corrected chi connectivity index (χ4v) is 5.20. The maximum Gasteiger partial charge on any atom is 0.307 e. The Bertz CT molecular complexity index is 895. The number of nitrogens with zero attached hydrogens (tertiary/aromatic N) is 2. The minimum absolute atomic E-state index is 0.0132. The van der Waals surface area contributed by atoms with Crippen molar-refractivity contribution in [2.75, 3.05) is 6.54 Å². The summed E-state index contributed by atoms with van der Waals surface area (Å²) in [6.07, 6.45) is 2.64. The fraction of sp³-hybridized carbons (Fsp3) is 0.412. The van der Waals surface area contributed by atoms with Crippen LogP contribution in [0, 0.1) is 12.8 Å². The fourth-order valence-electron chi connectivity index (χ4n) is 3.29. The van der Waals surface area contributed by atoms with Gasteiger partial charge < -0.3 is 5.11 Å². The number of hydrogen-bond donors (Lipinski definition) is 1. The van der Waals surface area contributed by atoms with Gasteiger partial charge in [0, 0.05) is 35.2 Å². The van der Waals surface area contributed by atoms with Crippen molar-refractivity contribution in [2.24, 2.45) is 5.92 Å². The van der Waals surface area contributed by atoms with E-state index in [0.717, 1.165) is 11.1 Å². The highest BCUT2D eigenvalue weighted by atomic mass is 32.2. The first-order valence-electron chi connectivity index (χ1n) is 7.91. The highest BCUT2D eigenvalue weighted by Crippen LogP contribution is 2.32. The minimum atomic E-state index is -3.78. The molecule has 0 aliphatic carbocycles. The number of hydrogen-bond acceptors (Lipinski definition) is 4. The number of aliphatic carboxylic acids is 1. The van der Waals surface area contributed by atoms with Crippen molar-refractivity contribution in [1.29, 1.82) is 0 Å². The summed E-state index contributed by atoms with van der Waals surface area (Å²) in [6.45, 7) is 3.68. The van der Waals surface area contributed by atoms with Crippen LogP contribution in [0.1, 0.15) is 25.5 Å². The highest BCUT2D eigenvalue weighted by Gasteiger charge is 2.38. The van der Waals surface area contributed by atoms with Gasteiger partial charge >= 0.3 is 5.97 Å². The smallest absolute Gasteiger partial charge is 0.307 e. The molecule has 0 saturated carbocycles. The molecule has 1 N–H and O–H groups in total. The summed E-state index contributed by atoms with van der Waals surface area (Å²) >= 11 is 0. The van der Waals surface area contributed by atoms with Crippen LogP contribution < -0.4 is 0 Å². The molecule has 2 aromatic rings. The van der Waals surface area contributed by atoms with E-state index in [9.17, 15) is 18.3 Å². The van der Waals surface area contributed by atoms with Crippen LogP contribution in [0.25, 0.3) is 10.8 Å². The zero-order valence-corrected chi connectivity index (χ0v) is 14.5. The van der Waals surface area contributed by atoms with E-state index in [1.54, 1.807) is 24.4 Å². The third-order valence-electron chi connectivity index (χ3n) is 4.73. The van der Waals surface area contributed by atoms with E-state index < -0.39 is 21.9 Å². The molecular weight excluding hydrogens is 328 g/mol. The second-order valence-electron chi connectivity index (χ2n) is 6.28. The molecule has 0 amide bonds. The van der Waals surface area contributed by atoms with Gasteiger partial charge in [0.15, 0.2) is 0 Å². The van der Waals surface area contributed by atoms with Crippen LogP contribution in [-0.4, -0.2) is 41.4 Å². The summed E-state index contributed by atoms with van der Waals surface area (Å²) in [6, 6.07) is 6.60. The van der Waals surface area contributed by atoms with Crippen LogP contribution in [0.4, 0.5) is 0 Å². The Balaban J connectivity index is 2.11. The van der Waals surface area contributed by atoms with Crippen molar-refractivity contribution in [1.82, 2.24) is 9.29 Å². The number of pyridine rings is 1. The molecule has 0 spiro atoms. The van der Waals surface area contributed by atoms with Gasteiger partial charge in [-0.1, -0.05) is 12.1 Å². The number of carbonyl (C=O) groups is 1. The normalized spacial score (nSPS) is 22.6. The number of aryl methyl sites for hydroxylation is 1. The number of aromatic nitrogens is 1. The Morgan fingerprint density at radius 2 is 2.00 bits per heavy atom. The van der Waals surface area contributed by atoms with Gasteiger partial charge in [-0.25, -0.2) is 8.42 Å². The third-order valence-corrected chi connectivity index (χ3v) is 6.76. The van der Waals surface area contributed by atoms with E-state index in [2.05, 4.69) is 4.98 Å². The number of carboxylic acid groups (broad SMARTS) is 1. The SMILES string of the molecule is Cc1nccc2c(S(=O)(=O)N3C[C@@H](C(=O)O)CC[C@H]3C)cccc12. The number of piperidine rings is 1. The Hall–Kier alpha value is -1.99. The molecule has 3 rings (SSSR count). The van der Waals surface area contributed by atoms with Crippen molar-refractivity contribution in [2.45, 2.75) is 37.6 Å². The number of rotatable bonds is 3. The van der Waals surface area contributed by atoms with Gasteiger partial charge in [-0.05, 0) is 38.8 Å². The molecule has 1 aliphatic rings. The first-order chi connectivity index (χ1) is 11.3. The van der Waals surface area contributed by atoms with Crippen molar-refractivity contribution in [3.8, 4) is 0 Å². The number of benzene rings is 1. The number of sulfonamides is 1. The van der Waals surface area contributed by atoms with Crippen LogP contribution in [0.3, 0.4) is 0 Å². The molecule has 0 unspecified atom stereocenters. The van der Waals surface area contributed by atoms with Crippen LogP contribution >= 0.6 is 0 Å². The van der Waals surface area contributed by atoms with Gasteiger partial charge in [0.05, 0.1) is 10.8 Å². The lowest BCUT2D eigenvalue weighted by Crippen LogP contribution is -2.47. The summed E-state index contributed by atoms with van der Waals surface area (Å²) in [7, 11) is -3.78. The first-order valence-corrected chi connectivity index (χ1v) is 9.35. The summed E-state index contributed by atoms with van der Waals surface area (Å²) in [5.74, 6) is -1.60. The molecule has 1 fully saturated rings. The van der Waals surface area contributed by atoms with Crippen LogP contribution in [0.2, 0.25) is 0 Å². The third kappa shape index (κ3) is 2.78. The van der Waals surface area contributed by atoms with Crippen molar-refractivity contribution >= 4 is 26.8 Å².